The predicted octanol–water partition coefficient (Wildman–Crippen LogP) is 2.30. The maximum Gasteiger partial charge on any atom is 0.416 e. The Balaban J connectivity index is 3.22. The van der Waals surface area contributed by atoms with Crippen molar-refractivity contribution in [3.05, 3.63) is 35.4 Å². The Kier molecular flexibility index (Phi) is 3.93. The van der Waals surface area contributed by atoms with E-state index in [0.717, 1.165) is 6.07 Å². The van der Waals surface area contributed by atoms with Crippen LogP contribution in [0.2, 0.25) is 0 Å². The second kappa shape index (κ2) is 4.84. The van der Waals surface area contributed by atoms with E-state index < -0.39 is 17.8 Å². The monoisotopic (exact) mass is 233 g/mol. The summed E-state index contributed by atoms with van der Waals surface area (Å²) < 4.78 is 38.1. The highest BCUT2D eigenvalue weighted by Crippen LogP contribution is 2.35. The van der Waals surface area contributed by atoms with E-state index >= 15 is 0 Å². The molecule has 1 N–H and O–H groups in total. The van der Waals surface area contributed by atoms with Crippen LogP contribution in [-0.4, -0.2) is 30.7 Å². The molecule has 0 heterocycles. The summed E-state index contributed by atoms with van der Waals surface area (Å²) in [5.74, 6) is 0. The van der Waals surface area contributed by atoms with Crippen molar-refractivity contribution in [1.29, 1.82) is 0 Å². The summed E-state index contributed by atoms with van der Waals surface area (Å²) in [5, 5.41) is 9.13. The van der Waals surface area contributed by atoms with Crippen LogP contribution in [0, 0.1) is 0 Å². The Morgan fingerprint density at radius 3 is 2.25 bits per heavy atom. The molecule has 0 aliphatic carbocycles. The topological polar surface area (TPSA) is 23.5 Å². The molecule has 0 saturated carbocycles. The molecule has 0 bridgehead atoms. The Morgan fingerprint density at radius 1 is 1.25 bits per heavy atom. The number of nitrogens with zero attached hydrogens (tertiary/aromatic N) is 1. The number of aliphatic hydroxyl groups excluding tert-OH is 1. The lowest BCUT2D eigenvalue weighted by Gasteiger charge is -2.25. The van der Waals surface area contributed by atoms with Crippen molar-refractivity contribution in [2.45, 2.75) is 12.2 Å². The van der Waals surface area contributed by atoms with Gasteiger partial charge in [0.05, 0.1) is 18.2 Å². The fourth-order valence-corrected chi connectivity index (χ4v) is 1.59. The lowest BCUT2D eigenvalue weighted by Crippen LogP contribution is -2.25. The van der Waals surface area contributed by atoms with Gasteiger partial charge in [0.2, 0.25) is 0 Å². The largest absolute Gasteiger partial charge is 0.416 e. The fraction of sp³-hybridized carbons (Fsp3) is 0.455. The number of alkyl halides is 3. The van der Waals surface area contributed by atoms with E-state index in [2.05, 4.69) is 0 Å². The number of likely N-dealkylation sites (N-methyl/N-ethyl adjacent to an activating group) is 1. The first-order chi connectivity index (χ1) is 7.38. The molecule has 1 rings (SSSR count). The van der Waals surface area contributed by atoms with Crippen LogP contribution in [0.15, 0.2) is 24.3 Å². The first-order valence-corrected chi connectivity index (χ1v) is 4.81. The normalized spacial score (nSPS) is 14.2. The van der Waals surface area contributed by atoms with Crippen molar-refractivity contribution < 1.29 is 18.3 Å². The number of halogens is 3. The van der Waals surface area contributed by atoms with Gasteiger partial charge in [-0.2, -0.15) is 13.2 Å². The lowest BCUT2D eigenvalue weighted by molar-refractivity contribution is -0.138. The Labute approximate surface area is 92.3 Å². The van der Waals surface area contributed by atoms with Crippen molar-refractivity contribution in [2.24, 2.45) is 0 Å². The third-order valence-electron chi connectivity index (χ3n) is 2.42. The average molecular weight is 233 g/mol. The molecular formula is C11H14F3NO. The molecule has 2 nitrogen and oxygen atoms in total. The van der Waals surface area contributed by atoms with E-state index in [1.54, 1.807) is 19.0 Å². The van der Waals surface area contributed by atoms with E-state index in [4.69, 9.17) is 5.11 Å². The van der Waals surface area contributed by atoms with Crippen molar-refractivity contribution in [3.63, 3.8) is 0 Å². The highest BCUT2D eigenvalue weighted by atomic mass is 19.4. The molecule has 0 radical (unpaired) electrons. The van der Waals surface area contributed by atoms with Gasteiger partial charge in [0.15, 0.2) is 0 Å². The van der Waals surface area contributed by atoms with Crippen LogP contribution in [0.4, 0.5) is 13.2 Å². The zero-order valence-corrected chi connectivity index (χ0v) is 9.12. The van der Waals surface area contributed by atoms with Gasteiger partial charge in [0.25, 0.3) is 0 Å². The van der Waals surface area contributed by atoms with Crippen LogP contribution in [0.5, 0.6) is 0 Å². The van der Waals surface area contributed by atoms with E-state index in [1.807, 2.05) is 0 Å². The molecule has 0 saturated heterocycles. The van der Waals surface area contributed by atoms with Crippen LogP contribution in [0.25, 0.3) is 0 Å². The summed E-state index contributed by atoms with van der Waals surface area (Å²) in [6, 6.07) is 4.66. The van der Waals surface area contributed by atoms with E-state index in [1.165, 1.54) is 18.2 Å². The standard InChI is InChI=1S/C11H14F3NO/c1-15(2)10(7-16)8-5-3-4-6-9(8)11(12,13)14/h3-6,10,16H,7H2,1-2H3. The summed E-state index contributed by atoms with van der Waals surface area (Å²) >= 11 is 0. The molecule has 1 aromatic rings. The summed E-state index contributed by atoms with van der Waals surface area (Å²) in [5.41, 5.74) is -0.592. The summed E-state index contributed by atoms with van der Waals surface area (Å²) in [7, 11) is 3.27. The van der Waals surface area contributed by atoms with Gasteiger partial charge in [-0.1, -0.05) is 18.2 Å². The minimum atomic E-state index is -4.39. The maximum atomic E-state index is 12.7. The molecule has 0 spiro atoms. The molecule has 0 aliphatic heterocycles. The zero-order valence-electron chi connectivity index (χ0n) is 9.12. The summed E-state index contributed by atoms with van der Waals surface area (Å²) in [4.78, 5) is 1.56. The van der Waals surface area contributed by atoms with Gasteiger partial charge in [0, 0.05) is 0 Å². The number of aliphatic hydroxyl groups is 1. The molecule has 0 fully saturated rings. The van der Waals surface area contributed by atoms with Crippen molar-refractivity contribution in [2.75, 3.05) is 20.7 Å². The molecule has 1 unspecified atom stereocenters. The predicted molar refractivity (Wildman–Crippen MR) is 55.0 cm³/mol. The van der Waals surface area contributed by atoms with Crippen LogP contribution in [-0.2, 0) is 6.18 Å². The molecule has 0 aliphatic rings. The Morgan fingerprint density at radius 2 is 1.81 bits per heavy atom. The Bertz CT molecular complexity index is 349. The van der Waals surface area contributed by atoms with Crippen molar-refractivity contribution in [3.8, 4) is 0 Å². The minimum Gasteiger partial charge on any atom is -0.394 e. The number of hydrogen-bond acceptors (Lipinski definition) is 2. The first-order valence-electron chi connectivity index (χ1n) is 4.81. The quantitative estimate of drug-likeness (QED) is 0.865. The highest BCUT2D eigenvalue weighted by molar-refractivity contribution is 5.32. The Hall–Kier alpha value is -1.07. The third kappa shape index (κ3) is 2.74. The van der Waals surface area contributed by atoms with Gasteiger partial charge < -0.3 is 10.0 Å². The van der Waals surface area contributed by atoms with Crippen molar-refractivity contribution in [1.82, 2.24) is 4.90 Å². The molecule has 5 heteroatoms. The van der Waals surface area contributed by atoms with Crippen LogP contribution in [0.3, 0.4) is 0 Å². The molecular weight excluding hydrogens is 219 g/mol. The fourth-order valence-electron chi connectivity index (χ4n) is 1.59. The minimum absolute atomic E-state index is 0.0995. The van der Waals surface area contributed by atoms with Gasteiger partial charge >= 0.3 is 6.18 Å². The SMILES string of the molecule is CN(C)C(CO)c1ccccc1C(F)(F)F. The third-order valence-corrected chi connectivity index (χ3v) is 2.42. The number of benzene rings is 1. The molecule has 1 atom stereocenters. The lowest BCUT2D eigenvalue weighted by atomic mass is 10.00. The van der Waals surface area contributed by atoms with Gasteiger partial charge in [-0.3, -0.25) is 0 Å². The highest BCUT2D eigenvalue weighted by Gasteiger charge is 2.35. The molecule has 16 heavy (non-hydrogen) atoms. The van der Waals surface area contributed by atoms with E-state index in [9.17, 15) is 13.2 Å². The smallest absolute Gasteiger partial charge is 0.394 e. The average Bonchev–Trinajstić information content (AvgIpc) is 2.17. The molecule has 90 valence electrons. The summed E-state index contributed by atoms with van der Waals surface area (Å²) in [6.45, 7) is -0.347. The van der Waals surface area contributed by atoms with E-state index in [0.29, 0.717) is 0 Å². The second-order valence-electron chi connectivity index (χ2n) is 3.75. The second-order valence-corrected chi connectivity index (χ2v) is 3.75. The number of rotatable bonds is 3. The summed E-state index contributed by atoms with van der Waals surface area (Å²) in [6.07, 6.45) is -4.39. The maximum absolute atomic E-state index is 12.7. The molecule has 1 aromatic carbocycles. The van der Waals surface area contributed by atoms with Gasteiger partial charge in [0.1, 0.15) is 0 Å². The van der Waals surface area contributed by atoms with Crippen LogP contribution in [0.1, 0.15) is 17.2 Å². The van der Waals surface area contributed by atoms with Crippen molar-refractivity contribution >= 4 is 0 Å². The van der Waals surface area contributed by atoms with Crippen LogP contribution < -0.4 is 0 Å². The van der Waals surface area contributed by atoms with Gasteiger partial charge in [-0.05, 0) is 25.7 Å². The first kappa shape index (κ1) is 13.0. The number of hydrogen-bond donors (Lipinski definition) is 1. The van der Waals surface area contributed by atoms with E-state index in [-0.39, 0.29) is 12.2 Å². The van der Waals surface area contributed by atoms with Crippen LogP contribution >= 0.6 is 0 Å². The van der Waals surface area contributed by atoms with Gasteiger partial charge in [-0.15, -0.1) is 0 Å². The zero-order chi connectivity index (χ0) is 12.3. The molecule has 0 aromatic heterocycles. The molecule has 0 amide bonds. The van der Waals surface area contributed by atoms with Gasteiger partial charge in [-0.25, -0.2) is 0 Å².